The molecular formula is C10H13N3O5. The predicted octanol–water partition coefficient (Wildman–Crippen LogP) is -1.25. The van der Waals surface area contributed by atoms with Crippen LogP contribution in [-0.2, 0) is 19.1 Å². The van der Waals surface area contributed by atoms with Crippen LogP contribution in [0.1, 0.15) is 6.92 Å². The Morgan fingerprint density at radius 3 is 2.56 bits per heavy atom. The normalized spacial score (nSPS) is 10.1. The van der Waals surface area contributed by atoms with E-state index in [1.165, 1.54) is 0 Å². The lowest BCUT2D eigenvalue weighted by molar-refractivity contribution is -0.141. The first kappa shape index (κ1) is 15.4. The molecule has 0 atom stereocenters. The van der Waals surface area contributed by atoms with Crippen LogP contribution in [0.15, 0.2) is 11.8 Å². The topological polar surface area (TPSA) is 129 Å². The third kappa shape index (κ3) is 6.84. The van der Waals surface area contributed by atoms with Crippen LogP contribution >= 0.6 is 0 Å². The summed E-state index contributed by atoms with van der Waals surface area (Å²) >= 11 is 0. The quantitative estimate of drug-likeness (QED) is 0.294. The summed E-state index contributed by atoms with van der Waals surface area (Å²) in [5.41, 5.74) is -0.333. The molecule has 0 spiro atoms. The molecule has 18 heavy (non-hydrogen) atoms. The van der Waals surface area contributed by atoms with Gasteiger partial charge in [-0.15, -0.1) is 0 Å². The van der Waals surface area contributed by atoms with E-state index in [9.17, 15) is 14.4 Å². The molecule has 0 radical (unpaired) electrons. The van der Waals surface area contributed by atoms with Crippen LogP contribution in [0.3, 0.4) is 0 Å². The number of nitrogens with zero attached hydrogens (tertiary/aromatic N) is 1. The van der Waals surface area contributed by atoms with Crippen molar-refractivity contribution in [2.24, 2.45) is 0 Å². The molecule has 98 valence electrons. The van der Waals surface area contributed by atoms with Crippen molar-refractivity contribution in [3.63, 3.8) is 0 Å². The van der Waals surface area contributed by atoms with Crippen molar-refractivity contribution < 1.29 is 24.2 Å². The summed E-state index contributed by atoms with van der Waals surface area (Å²) in [6.07, 6.45) is 1.02. The molecule has 0 bridgehead atoms. The summed E-state index contributed by atoms with van der Waals surface area (Å²) in [7, 11) is 0. The van der Waals surface area contributed by atoms with Crippen LogP contribution in [0.5, 0.6) is 0 Å². The van der Waals surface area contributed by atoms with Crippen molar-refractivity contribution in [2.45, 2.75) is 6.92 Å². The Labute approximate surface area is 103 Å². The Balaban J connectivity index is 4.23. The molecule has 0 saturated heterocycles. The van der Waals surface area contributed by atoms with Crippen molar-refractivity contribution in [3.05, 3.63) is 11.8 Å². The second kappa shape index (κ2) is 8.58. The fourth-order valence-electron chi connectivity index (χ4n) is 0.848. The first-order valence-electron chi connectivity index (χ1n) is 5.00. The Bertz CT molecular complexity index is 397. The standard InChI is InChI=1S/C10H13N3O5/c1-2-18-9(16)6-12-4-7(3-11)10(17)13-5-8(14)15/h4,12H,2,5-6H2,1H3,(H,13,17)(H,14,15)/b7-4-. The van der Waals surface area contributed by atoms with Gasteiger partial charge in [0.15, 0.2) is 0 Å². The number of nitriles is 1. The molecule has 0 aliphatic heterocycles. The molecule has 0 aromatic carbocycles. The molecule has 8 heteroatoms. The number of carboxylic acids is 1. The molecule has 1 amide bonds. The number of nitrogens with one attached hydrogen (secondary N) is 2. The van der Waals surface area contributed by atoms with E-state index in [0.717, 1.165) is 6.20 Å². The van der Waals surface area contributed by atoms with E-state index >= 15 is 0 Å². The molecule has 0 aromatic heterocycles. The number of amides is 1. The second-order valence-corrected chi connectivity index (χ2v) is 2.93. The molecule has 0 aliphatic carbocycles. The Morgan fingerprint density at radius 1 is 1.39 bits per heavy atom. The lowest BCUT2D eigenvalue weighted by atomic mass is 10.3. The first-order valence-corrected chi connectivity index (χ1v) is 5.00. The fraction of sp³-hybridized carbons (Fsp3) is 0.400. The second-order valence-electron chi connectivity index (χ2n) is 2.93. The maximum Gasteiger partial charge on any atom is 0.325 e. The van der Waals surface area contributed by atoms with Crippen molar-refractivity contribution in [1.29, 1.82) is 5.26 Å². The number of rotatable bonds is 7. The van der Waals surface area contributed by atoms with Gasteiger partial charge in [-0.1, -0.05) is 0 Å². The number of carbonyl (C=O) groups excluding carboxylic acids is 2. The van der Waals surface area contributed by atoms with Crippen molar-refractivity contribution in [3.8, 4) is 6.07 Å². The van der Waals surface area contributed by atoms with Gasteiger partial charge in [-0.25, -0.2) is 0 Å². The molecule has 0 aromatic rings. The minimum absolute atomic E-state index is 0.189. The predicted molar refractivity (Wildman–Crippen MR) is 59.0 cm³/mol. The van der Waals surface area contributed by atoms with Crippen LogP contribution in [0, 0.1) is 11.3 Å². The van der Waals surface area contributed by atoms with Crippen molar-refractivity contribution >= 4 is 17.8 Å². The van der Waals surface area contributed by atoms with E-state index in [0.29, 0.717) is 0 Å². The Kier molecular flexibility index (Phi) is 7.36. The van der Waals surface area contributed by atoms with Crippen molar-refractivity contribution in [1.82, 2.24) is 10.6 Å². The molecule has 8 nitrogen and oxygen atoms in total. The molecule has 0 unspecified atom stereocenters. The molecule has 3 N–H and O–H groups in total. The summed E-state index contributed by atoms with van der Waals surface area (Å²) in [6.45, 7) is 1.10. The van der Waals surface area contributed by atoms with E-state index in [1.54, 1.807) is 13.0 Å². The zero-order valence-corrected chi connectivity index (χ0v) is 9.73. The van der Waals surface area contributed by atoms with Gasteiger partial charge in [0.05, 0.1) is 6.61 Å². The minimum Gasteiger partial charge on any atom is -0.480 e. The van der Waals surface area contributed by atoms with Gasteiger partial charge in [-0.2, -0.15) is 5.26 Å². The first-order chi connectivity index (χ1) is 8.51. The highest BCUT2D eigenvalue weighted by Crippen LogP contribution is 1.90. The van der Waals surface area contributed by atoms with Crippen LogP contribution in [0.2, 0.25) is 0 Å². The SMILES string of the molecule is CCOC(=O)CN/C=C(/C#N)C(=O)NCC(=O)O. The smallest absolute Gasteiger partial charge is 0.325 e. The number of hydrogen-bond donors (Lipinski definition) is 3. The number of carboxylic acid groups (broad SMARTS) is 1. The van der Waals surface area contributed by atoms with Gasteiger partial charge in [-0.3, -0.25) is 14.4 Å². The maximum atomic E-state index is 11.3. The van der Waals surface area contributed by atoms with E-state index in [1.807, 2.05) is 5.32 Å². The summed E-state index contributed by atoms with van der Waals surface area (Å²) in [5.74, 6) is -2.59. The van der Waals surface area contributed by atoms with Crippen molar-refractivity contribution in [2.75, 3.05) is 19.7 Å². The van der Waals surface area contributed by atoms with E-state index < -0.39 is 24.4 Å². The molecule has 0 saturated carbocycles. The van der Waals surface area contributed by atoms with E-state index in [2.05, 4.69) is 10.1 Å². The highest BCUT2D eigenvalue weighted by atomic mass is 16.5. The Morgan fingerprint density at radius 2 is 2.06 bits per heavy atom. The third-order valence-electron chi connectivity index (χ3n) is 1.56. The number of hydrogen-bond acceptors (Lipinski definition) is 6. The maximum absolute atomic E-state index is 11.3. The van der Waals surface area contributed by atoms with Gasteiger partial charge in [0.1, 0.15) is 24.7 Å². The van der Waals surface area contributed by atoms with Crippen LogP contribution in [0.4, 0.5) is 0 Å². The fourth-order valence-corrected chi connectivity index (χ4v) is 0.848. The van der Waals surface area contributed by atoms with Gasteiger partial charge < -0.3 is 20.5 Å². The number of esters is 1. The highest BCUT2D eigenvalue weighted by Gasteiger charge is 2.10. The molecule has 0 rings (SSSR count). The van der Waals surface area contributed by atoms with E-state index in [-0.39, 0.29) is 18.7 Å². The largest absolute Gasteiger partial charge is 0.480 e. The molecular weight excluding hydrogens is 242 g/mol. The van der Waals surface area contributed by atoms with Gasteiger partial charge in [0, 0.05) is 6.20 Å². The lowest BCUT2D eigenvalue weighted by Crippen LogP contribution is -2.31. The summed E-state index contributed by atoms with van der Waals surface area (Å²) < 4.78 is 4.60. The number of carbonyl (C=O) groups is 3. The summed E-state index contributed by atoms with van der Waals surface area (Å²) in [4.78, 5) is 32.4. The average molecular weight is 255 g/mol. The van der Waals surface area contributed by atoms with Gasteiger partial charge in [0.25, 0.3) is 5.91 Å². The summed E-state index contributed by atoms with van der Waals surface area (Å²) in [6, 6.07) is 1.57. The lowest BCUT2D eigenvalue weighted by Gasteiger charge is -2.03. The zero-order valence-electron chi connectivity index (χ0n) is 9.73. The average Bonchev–Trinajstić information content (AvgIpc) is 2.32. The molecule has 0 fully saturated rings. The van der Waals surface area contributed by atoms with Crippen LogP contribution in [-0.4, -0.2) is 42.6 Å². The minimum atomic E-state index is -1.22. The Hall–Kier alpha value is -2.56. The summed E-state index contributed by atoms with van der Waals surface area (Å²) in [5, 5.41) is 21.4. The number of aliphatic carboxylic acids is 1. The van der Waals surface area contributed by atoms with Crippen LogP contribution in [0.25, 0.3) is 0 Å². The molecule has 0 heterocycles. The highest BCUT2D eigenvalue weighted by molar-refractivity contribution is 5.98. The molecule has 0 aliphatic rings. The monoisotopic (exact) mass is 255 g/mol. The van der Waals surface area contributed by atoms with Crippen LogP contribution < -0.4 is 10.6 Å². The van der Waals surface area contributed by atoms with Gasteiger partial charge in [-0.05, 0) is 6.92 Å². The van der Waals surface area contributed by atoms with Gasteiger partial charge in [0.2, 0.25) is 0 Å². The number of ether oxygens (including phenoxy) is 1. The van der Waals surface area contributed by atoms with E-state index in [4.69, 9.17) is 10.4 Å². The third-order valence-corrected chi connectivity index (χ3v) is 1.56. The van der Waals surface area contributed by atoms with Gasteiger partial charge >= 0.3 is 11.9 Å². The zero-order chi connectivity index (χ0) is 14.0.